The fourth-order valence-corrected chi connectivity index (χ4v) is 3.59. The van der Waals surface area contributed by atoms with Gasteiger partial charge in [-0.25, -0.2) is 4.98 Å². The van der Waals surface area contributed by atoms with Crippen LogP contribution in [0.2, 0.25) is 0 Å². The maximum absolute atomic E-state index is 12.9. The van der Waals surface area contributed by atoms with Crippen LogP contribution in [0.1, 0.15) is 18.5 Å². The summed E-state index contributed by atoms with van der Waals surface area (Å²) in [5.74, 6) is 1.26. The molecule has 0 aliphatic carbocycles. The Balaban J connectivity index is 1.58. The van der Waals surface area contributed by atoms with Crippen molar-refractivity contribution in [3.63, 3.8) is 0 Å². The van der Waals surface area contributed by atoms with E-state index < -0.39 is 0 Å². The fraction of sp³-hybridized carbons (Fsp3) is 0.412. The number of nitrogens with zero attached hydrogens (tertiary/aromatic N) is 5. The van der Waals surface area contributed by atoms with E-state index in [0.717, 1.165) is 25.1 Å². The van der Waals surface area contributed by atoms with Gasteiger partial charge in [-0.2, -0.15) is 4.98 Å². The predicted octanol–water partition coefficient (Wildman–Crippen LogP) is 1.08. The molecule has 0 saturated carbocycles. The monoisotopic (exact) mass is 324 g/mol. The number of pyridine rings is 1. The summed E-state index contributed by atoms with van der Waals surface area (Å²) in [5, 5.41) is 0. The molecular formula is C17H20N6O. The van der Waals surface area contributed by atoms with E-state index in [-0.39, 0.29) is 17.9 Å². The zero-order chi connectivity index (χ0) is 16.5. The molecular weight excluding hydrogens is 304 g/mol. The number of carbonyl (C=O) groups excluding carboxylic acids is 1. The Labute approximate surface area is 140 Å². The van der Waals surface area contributed by atoms with E-state index >= 15 is 0 Å². The number of amides is 1. The molecule has 0 radical (unpaired) electrons. The number of hydrogen-bond acceptors (Lipinski definition) is 6. The Hall–Kier alpha value is -2.70. The lowest BCUT2D eigenvalue weighted by molar-refractivity contribution is -0.140. The summed E-state index contributed by atoms with van der Waals surface area (Å²) >= 11 is 0. The second-order valence-electron chi connectivity index (χ2n) is 6.40. The summed E-state index contributed by atoms with van der Waals surface area (Å²) in [4.78, 5) is 29.9. The number of nitrogens with two attached hydrogens (primary N) is 1. The van der Waals surface area contributed by atoms with Crippen LogP contribution in [-0.4, -0.2) is 44.9 Å². The molecule has 5 rings (SSSR count). The number of piperidine rings is 1. The highest BCUT2D eigenvalue weighted by molar-refractivity contribution is 5.81. The second-order valence-corrected chi connectivity index (χ2v) is 6.40. The molecule has 2 N–H and O–H groups in total. The van der Waals surface area contributed by atoms with Gasteiger partial charge in [0, 0.05) is 31.5 Å². The molecule has 0 unspecified atom stereocenters. The van der Waals surface area contributed by atoms with E-state index in [2.05, 4.69) is 19.9 Å². The number of aromatic nitrogens is 3. The third kappa shape index (κ3) is 2.77. The van der Waals surface area contributed by atoms with Crippen molar-refractivity contribution in [3.05, 3.63) is 42.4 Å². The summed E-state index contributed by atoms with van der Waals surface area (Å²) in [6.45, 7) is 1.95. The van der Waals surface area contributed by atoms with Gasteiger partial charge in [0.05, 0.1) is 18.2 Å². The first-order valence-corrected chi connectivity index (χ1v) is 8.24. The van der Waals surface area contributed by atoms with E-state index in [0.29, 0.717) is 24.9 Å². The number of carbonyl (C=O) groups is 1. The fourth-order valence-electron chi connectivity index (χ4n) is 3.59. The number of hydrogen-bond donors (Lipinski definition) is 1. The molecule has 0 aromatic carbocycles. The lowest BCUT2D eigenvalue weighted by atomic mass is 9.94. The Morgan fingerprint density at radius 1 is 1.12 bits per heavy atom. The van der Waals surface area contributed by atoms with Gasteiger partial charge in [0.25, 0.3) is 0 Å². The van der Waals surface area contributed by atoms with Gasteiger partial charge in [-0.15, -0.1) is 0 Å². The van der Waals surface area contributed by atoms with E-state index in [1.807, 2.05) is 23.1 Å². The number of nitrogen functional groups attached to an aromatic ring is 1. The molecule has 2 bridgehead atoms. The maximum atomic E-state index is 12.9. The van der Waals surface area contributed by atoms with E-state index in [4.69, 9.17) is 5.73 Å². The minimum absolute atomic E-state index is 0.0162. The SMILES string of the molecule is Nc1ccnc(N2C[C@H]3CC[C@@H](C2)N(Cc2ccccn2)C3=O)n1. The van der Waals surface area contributed by atoms with Gasteiger partial charge < -0.3 is 15.5 Å². The molecule has 1 amide bonds. The Bertz CT molecular complexity index is 737. The van der Waals surface area contributed by atoms with Crippen LogP contribution in [0, 0.1) is 5.92 Å². The van der Waals surface area contributed by atoms with Gasteiger partial charge in [0.1, 0.15) is 5.82 Å². The molecule has 3 saturated heterocycles. The van der Waals surface area contributed by atoms with E-state index in [1.165, 1.54) is 0 Å². The van der Waals surface area contributed by atoms with Crippen LogP contribution in [-0.2, 0) is 11.3 Å². The van der Waals surface area contributed by atoms with Gasteiger partial charge in [-0.3, -0.25) is 9.78 Å². The Morgan fingerprint density at radius 3 is 2.83 bits per heavy atom. The van der Waals surface area contributed by atoms with Crippen LogP contribution < -0.4 is 10.6 Å². The highest BCUT2D eigenvalue weighted by atomic mass is 16.2. The van der Waals surface area contributed by atoms with Gasteiger partial charge >= 0.3 is 0 Å². The molecule has 2 aromatic rings. The standard InChI is InChI=1S/C17H20N6O/c18-15-6-8-20-17(21-15)22-9-12-4-5-14(11-22)23(16(12)24)10-13-3-1-2-7-19-13/h1-3,6-8,12,14H,4-5,9-11H2,(H2,18,20,21)/t12-,14+/m1/s1. The van der Waals surface area contributed by atoms with Crippen molar-refractivity contribution in [2.24, 2.45) is 5.92 Å². The van der Waals surface area contributed by atoms with E-state index in [9.17, 15) is 4.79 Å². The number of rotatable bonds is 3. The largest absolute Gasteiger partial charge is 0.384 e. The van der Waals surface area contributed by atoms with Crippen molar-refractivity contribution in [1.82, 2.24) is 19.9 Å². The summed E-state index contributed by atoms with van der Waals surface area (Å²) in [5.41, 5.74) is 6.70. The normalized spacial score (nSPS) is 23.4. The van der Waals surface area contributed by atoms with Gasteiger partial charge in [-0.05, 0) is 31.0 Å². The molecule has 7 heteroatoms. The first-order chi connectivity index (χ1) is 11.7. The van der Waals surface area contributed by atoms with Crippen LogP contribution in [0.15, 0.2) is 36.7 Å². The quantitative estimate of drug-likeness (QED) is 0.909. The lowest BCUT2D eigenvalue weighted by Gasteiger charge is -2.35. The first-order valence-electron chi connectivity index (χ1n) is 8.24. The van der Waals surface area contributed by atoms with Crippen molar-refractivity contribution in [2.45, 2.75) is 25.4 Å². The van der Waals surface area contributed by atoms with Gasteiger partial charge in [-0.1, -0.05) is 6.07 Å². The van der Waals surface area contributed by atoms with Crippen molar-refractivity contribution in [1.29, 1.82) is 0 Å². The Morgan fingerprint density at radius 2 is 2.04 bits per heavy atom. The highest BCUT2D eigenvalue weighted by Gasteiger charge is 2.41. The minimum atomic E-state index is -0.0162. The number of fused-ring (bicyclic) bond motifs is 4. The van der Waals surface area contributed by atoms with Crippen LogP contribution in [0.25, 0.3) is 0 Å². The van der Waals surface area contributed by atoms with Crippen LogP contribution in [0.3, 0.4) is 0 Å². The molecule has 3 aliphatic rings. The highest BCUT2D eigenvalue weighted by Crippen LogP contribution is 2.31. The van der Waals surface area contributed by atoms with Crippen molar-refractivity contribution < 1.29 is 4.79 Å². The third-order valence-corrected chi connectivity index (χ3v) is 4.80. The number of anilines is 2. The topological polar surface area (TPSA) is 88.2 Å². The predicted molar refractivity (Wildman–Crippen MR) is 90.0 cm³/mol. The molecule has 24 heavy (non-hydrogen) atoms. The molecule has 3 fully saturated rings. The minimum Gasteiger partial charge on any atom is -0.384 e. The third-order valence-electron chi connectivity index (χ3n) is 4.80. The molecule has 3 aliphatic heterocycles. The first kappa shape index (κ1) is 14.9. The molecule has 2 aromatic heterocycles. The summed E-state index contributed by atoms with van der Waals surface area (Å²) in [6.07, 6.45) is 5.35. The Kier molecular flexibility index (Phi) is 3.76. The second kappa shape index (κ2) is 6.07. The lowest BCUT2D eigenvalue weighted by Crippen LogP contribution is -2.47. The smallest absolute Gasteiger partial charge is 0.228 e. The van der Waals surface area contributed by atoms with Crippen LogP contribution in [0.5, 0.6) is 0 Å². The average molecular weight is 324 g/mol. The zero-order valence-electron chi connectivity index (χ0n) is 13.4. The molecule has 2 atom stereocenters. The summed E-state index contributed by atoms with van der Waals surface area (Å²) in [7, 11) is 0. The molecule has 7 nitrogen and oxygen atoms in total. The van der Waals surface area contributed by atoms with Crippen LogP contribution in [0.4, 0.5) is 11.8 Å². The van der Waals surface area contributed by atoms with Gasteiger partial charge in [0.2, 0.25) is 11.9 Å². The molecule has 5 heterocycles. The summed E-state index contributed by atoms with van der Waals surface area (Å²) < 4.78 is 0. The maximum Gasteiger partial charge on any atom is 0.228 e. The van der Waals surface area contributed by atoms with Gasteiger partial charge in [0.15, 0.2) is 0 Å². The zero-order valence-corrected chi connectivity index (χ0v) is 13.4. The van der Waals surface area contributed by atoms with Crippen LogP contribution >= 0.6 is 0 Å². The molecule has 124 valence electrons. The molecule has 0 spiro atoms. The van der Waals surface area contributed by atoms with Crippen molar-refractivity contribution in [2.75, 3.05) is 23.7 Å². The van der Waals surface area contributed by atoms with E-state index in [1.54, 1.807) is 18.5 Å². The van der Waals surface area contributed by atoms with Crippen molar-refractivity contribution in [3.8, 4) is 0 Å². The average Bonchev–Trinajstić information content (AvgIpc) is 2.89. The van der Waals surface area contributed by atoms with Crippen molar-refractivity contribution >= 4 is 17.7 Å². The summed E-state index contributed by atoms with van der Waals surface area (Å²) in [6, 6.07) is 7.64.